The molecule has 1 fully saturated rings. The molecule has 0 bridgehead atoms. The largest absolute Gasteiger partial charge is 0.426 e. The molecule has 0 aromatic heterocycles. The van der Waals surface area contributed by atoms with Gasteiger partial charge in [0.2, 0.25) is 5.24 Å². The molecular weight excluding hydrogens is 252 g/mol. The molecule has 0 heterocycles. The number of hydrogen-bond donors (Lipinski definition) is 0. The van der Waals surface area contributed by atoms with Gasteiger partial charge in [-0.15, -0.1) is 0 Å². The van der Waals surface area contributed by atoms with Crippen molar-refractivity contribution >= 4 is 28.4 Å². The van der Waals surface area contributed by atoms with Crippen molar-refractivity contribution in [3.05, 3.63) is 11.1 Å². The van der Waals surface area contributed by atoms with Gasteiger partial charge in [0.05, 0.1) is 0 Å². The summed E-state index contributed by atoms with van der Waals surface area (Å²) in [7, 11) is 0. The molecule has 6 heteroatoms. The van der Waals surface area contributed by atoms with Crippen molar-refractivity contribution < 1.29 is 18.0 Å². The number of halogens is 5. The first-order valence-corrected chi connectivity index (χ1v) is 4.98. The lowest BCUT2D eigenvalue weighted by molar-refractivity contribution is -0.113. The van der Waals surface area contributed by atoms with Gasteiger partial charge in [-0.3, -0.25) is 4.79 Å². The van der Waals surface area contributed by atoms with Crippen LogP contribution in [0.15, 0.2) is 11.1 Å². The maximum Gasteiger partial charge on any atom is 0.426 e. The molecule has 0 saturated heterocycles. The van der Waals surface area contributed by atoms with Gasteiger partial charge < -0.3 is 0 Å². The summed E-state index contributed by atoms with van der Waals surface area (Å²) in [6, 6.07) is 0. The Morgan fingerprint density at radius 3 is 2.07 bits per heavy atom. The third-order valence-electron chi connectivity index (χ3n) is 2.75. The van der Waals surface area contributed by atoms with Gasteiger partial charge in [-0.1, -0.05) is 31.5 Å². The van der Waals surface area contributed by atoms with Gasteiger partial charge in [-0.2, -0.15) is 13.2 Å². The molecule has 1 saturated carbocycles. The molecule has 1 aliphatic rings. The average molecular weight is 261 g/mol. The van der Waals surface area contributed by atoms with E-state index in [1.165, 1.54) is 0 Å². The van der Waals surface area contributed by atoms with E-state index < -0.39 is 33.7 Å². The summed E-state index contributed by atoms with van der Waals surface area (Å²) in [5, 5.41) is -1.81. The van der Waals surface area contributed by atoms with Crippen LogP contribution in [0.1, 0.15) is 13.8 Å². The Bertz CT molecular complexity index is 320. The van der Waals surface area contributed by atoms with Crippen LogP contribution in [0.2, 0.25) is 0 Å². The molecule has 0 spiro atoms. The number of allylic oxidation sites excluding steroid dienone is 2. The van der Waals surface area contributed by atoms with Crippen molar-refractivity contribution in [3.63, 3.8) is 0 Å². The summed E-state index contributed by atoms with van der Waals surface area (Å²) in [4.78, 5) is 10.9. The lowest BCUT2D eigenvalue weighted by atomic mass is 10.1. The van der Waals surface area contributed by atoms with Crippen LogP contribution in [-0.4, -0.2) is 11.4 Å². The van der Waals surface area contributed by atoms with Crippen LogP contribution in [0.3, 0.4) is 0 Å². The lowest BCUT2D eigenvalue weighted by Crippen LogP contribution is -2.07. The van der Waals surface area contributed by atoms with Crippen LogP contribution < -0.4 is 0 Å². The first-order valence-electron chi connectivity index (χ1n) is 4.22. The van der Waals surface area contributed by atoms with E-state index in [1.54, 1.807) is 13.8 Å². The molecule has 0 N–H and O–H groups in total. The normalized spacial score (nSPS) is 30.2. The molecule has 15 heavy (non-hydrogen) atoms. The lowest BCUT2D eigenvalue weighted by Gasteiger charge is -2.04. The highest BCUT2D eigenvalue weighted by Gasteiger charge is 2.60. The Labute approximate surface area is 95.2 Å². The minimum Gasteiger partial charge on any atom is -0.281 e. The number of rotatable bonds is 2. The van der Waals surface area contributed by atoms with Gasteiger partial charge in [0.15, 0.2) is 0 Å². The summed E-state index contributed by atoms with van der Waals surface area (Å²) in [5.74, 6) is -1.10. The molecule has 0 unspecified atom stereocenters. The Hall–Kier alpha value is -0.220. The molecular formula is C9H9Cl2F3O. The molecule has 0 aromatic carbocycles. The molecule has 1 rings (SSSR count). The zero-order chi connectivity index (χ0) is 12.0. The molecule has 86 valence electrons. The Kier molecular flexibility index (Phi) is 3.14. The zero-order valence-corrected chi connectivity index (χ0v) is 9.54. The molecule has 0 radical (unpaired) electrons. The number of alkyl halides is 3. The van der Waals surface area contributed by atoms with Gasteiger partial charge in [0.1, 0.15) is 5.03 Å². The van der Waals surface area contributed by atoms with Crippen molar-refractivity contribution in [3.8, 4) is 0 Å². The van der Waals surface area contributed by atoms with E-state index in [0.717, 1.165) is 6.08 Å². The summed E-state index contributed by atoms with van der Waals surface area (Å²) in [6.45, 7) is 3.36. The quantitative estimate of drug-likeness (QED) is 0.692. The highest BCUT2D eigenvalue weighted by atomic mass is 35.5. The Morgan fingerprint density at radius 1 is 1.33 bits per heavy atom. The molecule has 2 atom stereocenters. The predicted octanol–water partition coefficient (Wildman–Crippen LogP) is 3.71. The Morgan fingerprint density at radius 2 is 1.80 bits per heavy atom. The SMILES string of the molecule is CC1(C)[C@H](/C=C(/Cl)C(F)(F)F)[C@H]1C(=O)Cl. The maximum atomic E-state index is 12.1. The predicted molar refractivity (Wildman–Crippen MR) is 51.6 cm³/mol. The topological polar surface area (TPSA) is 17.1 Å². The fourth-order valence-corrected chi connectivity index (χ4v) is 2.23. The molecule has 0 aromatic rings. The maximum absolute atomic E-state index is 12.1. The number of carbonyl (C=O) groups is 1. The minimum absolute atomic E-state index is 0.531. The van der Waals surface area contributed by atoms with Gasteiger partial charge in [0.25, 0.3) is 0 Å². The van der Waals surface area contributed by atoms with Crippen LogP contribution in [0.5, 0.6) is 0 Å². The van der Waals surface area contributed by atoms with Crippen LogP contribution in [0.4, 0.5) is 13.2 Å². The second-order valence-electron chi connectivity index (χ2n) is 4.14. The smallest absolute Gasteiger partial charge is 0.281 e. The van der Waals surface area contributed by atoms with E-state index in [1.807, 2.05) is 0 Å². The molecule has 0 aliphatic heterocycles. The standard InChI is InChI=1S/C9H9Cl2F3O/c1-8(2)4(6(8)7(11)15)3-5(10)9(12,13)14/h3-4,6H,1-2H3/b5-3+/t4-,6+/m1/s1. The molecule has 1 nitrogen and oxygen atoms in total. The zero-order valence-electron chi connectivity index (χ0n) is 8.03. The van der Waals surface area contributed by atoms with Gasteiger partial charge in [0, 0.05) is 5.92 Å². The van der Waals surface area contributed by atoms with E-state index in [9.17, 15) is 18.0 Å². The molecule has 1 aliphatic carbocycles. The minimum atomic E-state index is -4.56. The highest BCUT2D eigenvalue weighted by molar-refractivity contribution is 6.64. The number of carbonyl (C=O) groups excluding carboxylic acids is 1. The monoisotopic (exact) mass is 260 g/mol. The number of hydrogen-bond acceptors (Lipinski definition) is 1. The van der Waals surface area contributed by atoms with Crippen molar-refractivity contribution in [2.24, 2.45) is 17.3 Å². The highest BCUT2D eigenvalue weighted by Crippen LogP contribution is 2.60. The van der Waals surface area contributed by atoms with Crippen LogP contribution in [-0.2, 0) is 4.79 Å². The third kappa shape index (κ3) is 2.48. The summed E-state index contributed by atoms with van der Waals surface area (Å²) >= 11 is 10.3. The first kappa shape index (κ1) is 12.8. The first-order chi connectivity index (χ1) is 6.58. The van der Waals surface area contributed by atoms with E-state index >= 15 is 0 Å². The molecule has 0 amide bonds. The fraction of sp³-hybridized carbons (Fsp3) is 0.667. The van der Waals surface area contributed by atoms with E-state index in [-0.39, 0.29) is 0 Å². The third-order valence-corrected chi connectivity index (χ3v) is 3.33. The van der Waals surface area contributed by atoms with Gasteiger partial charge >= 0.3 is 6.18 Å². The van der Waals surface area contributed by atoms with Crippen LogP contribution >= 0.6 is 23.2 Å². The van der Waals surface area contributed by atoms with Crippen LogP contribution in [0, 0.1) is 17.3 Å². The van der Waals surface area contributed by atoms with Crippen molar-refractivity contribution in [2.45, 2.75) is 20.0 Å². The van der Waals surface area contributed by atoms with E-state index in [2.05, 4.69) is 0 Å². The van der Waals surface area contributed by atoms with E-state index in [0.29, 0.717) is 0 Å². The second-order valence-corrected chi connectivity index (χ2v) is 4.92. The van der Waals surface area contributed by atoms with Gasteiger partial charge in [-0.25, -0.2) is 0 Å². The average Bonchev–Trinajstić information content (AvgIpc) is 2.50. The van der Waals surface area contributed by atoms with E-state index in [4.69, 9.17) is 23.2 Å². The fourth-order valence-electron chi connectivity index (χ4n) is 1.67. The van der Waals surface area contributed by atoms with Crippen molar-refractivity contribution in [2.75, 3.05) is 0 Å². The Balaban J connectivity index is 2.83. The summed E-state index contributed by atoms with van der Waals surface area (Å²) < 4.78 is 36.3. The van der Waals surface area contributed by atoms with Gasteiger partial charge in [-0.05, 0) is 22.9 Å². The summed E-state index contributed by atoms with van der Waals surface area (Å²) in [6.07, 6.45) is -3.69. The van der Waals surface area contributed by atoms with Crippen molar-refractivity contribution in [1.29, 1.82) is 0 Å². The van der Waals surface area contributed by atoms with Crippen molar-refractivity contribution in [1.82, 2.24) is 0 Å². The summed E-state index contributed by atoms with van der Waals surface area (Å²) in [5.41, 5.74) is -0.537. The second kappa shape index (κ2) is 3.67. The van der Waals surface area contributed by atoms with Crippen LogP contribution in [0.25, 0.3) is 0 Å².